The number of anilines is 3. The molecule has 8 rings (SSSR count). The summed E-state index contributed by atoms with van der Waals surface area (Å²) in [5.41, 5.74) is 7.01. The molecule has 8 aromatic rings. The van der Waals surface area contributed by atoms with E-state index >= 15 is 0 Å². The number of thiazole rings is 2. The van der Waals surface area contributed by atoms with Crippen molar-refractivity contribution in [1.82, 2.24) is 9.97 Å². The second-order valence-electron chi connectivity index (χ2n) is 9.09. The number of hydrogen-bond donors (Lipinski definition) is 0. The van der Waals surface area contributed by atoms with Gasteiger partial charge in [0.2, 0.25) is 0 Å². The summed E-state index contributed by atoms with van der Waals surface area (Å²) in [6.45, 7) is 0. The van der Waals surface area contributed by atoms with Crippen molar-refractivity contribution in [2.24, 2.45) is 0 Å². The Labute approximate surface area is 226 Å². The Kier molecular flexibility index (Phi) is 4.83. The predicted octanol–water partition coefficient (Wildman–Crippen LogP) is 9.94. The highest BCUT2D eigenvalue weighted by atomic mass is 32.1. The SMILES string of the molecule is c1ccc2sc(N(c3ccc(-c4cccc5c4oc4ccccc45)cc3)c3nc4ccccc4s3)nc2c1. The Bertz CT molecular complexity index is 1960. The molecule has 3 heterocycles. The lowest BCUT2D eigenvalue weighted by Crippen LogP contribution is -2.09. The average Bonchev–Trinajstić information content (AvgIpc) is 3.68. The molecule has 6 heteroatoms. The van der Waals surface area contributed by atoms with Gasteiger partial charge in [0.1, 0.15) is 11.2 Å². The fraction of sp³-hybridized carbons (Fsp3) is 0. The van der Waals surface area contributed by atoms with E-state index in [9.17, 15) is 0 Å². The maximum absolute atomic E-state index is 6.29. The first-order valence-electron chi connectivity index (χ1n) is 12.3. The van der Waals surface area contributed by atoms with Gasteiger partial charge in [-0.3, -0.25) is 4.90 Å². The van der Waals surface area contributed by atoms with Gasteiger partial charge in [-0.15, -0.1) is 0 Å². The zero-order valence-corrected chi connectivity index (χ0v) is 21.7. The third kappa shape index (κ3) is 3.42. The summed E-state index contributed by atoms with van der Waals surface area (Å²) in [6, 6.07) is 39.7. The van der Waals surface area contributed by atoms with E-state index in [0.29, 0.717) is 0 Å². The Morgan fingerprint density at radius 3 is 1.84 bits per heavy atom. The Morgan fingerprint density at radius 2 is 1.16 bits per heavy atom. The van der Waals surface area contributed by atoms with Gasteiger partial charge in [0.05, 0.1) is 26.1 Å². The molecule has 0 spiro atoms. The van der Waals surface area contributed by atoms with Crippen LogP contribution in [0.2, 0.25) is 0 Å². The standard InChI is InChI=1S/C32H19N3OS2/c1-4-13-27-23(8-1)24-10-7-9-22(30(24)36-27)20-16-18-21(19-17-20)35(31-33-25-11-2-5-14-28(25)37-31)32-34-26-12-3-6-15-29(26)38-32/h1-19H. The fourth-order valence-corrected chi connectivity index (χ4v) is 7.01. The number of benzene rings is 5. The smallest absolute Gasteiger partial charge is 0.197 e. The van der Waals surface area contributed by atoms with E-state index in [-0.39, 0.29) is 0 Å². The first-order valence-corrected chi connectivity index (χ1v) is 14.0. The lowest BCUT2D eigenvalue weighted by Gasteiger charge is -2.19. The van der Waals surface area contributed by atoms with Crippen LogP contribution < -0.4 is 4.90 Å². The highest BCUT2D eigenvalue weighted by Gasteiger charge is 2.21. The number of para-hydroxylation sites is 4. The van der Waals surface area contributed by atoms with Gasteiger partial charge >= 0.3 is 0 Å². The van der Waals surface area contributed by atoms with Gasteiger partial charge < -0.3 is 4.42 Å². The van der Waals surface area contributed by atoms with Gasteiger partial charge in [0.15, 0.2) is 10.3 Å². The molecule has 0 saturated heterocycles. The van der Waals surface area contributed by atoms with Crippen molar-refractivity contribution >= 4 is 81.0 Å². The Hall–Kier alpha value is -4.52. The lowest BCUT2D eigenvalue weighted by molar-refractivity contribution is 0.670. The first-order chi connectivity index (χ1) is 18.8. The summed E-state index contributed by atoms with van der Waals surface area (Å²) in [7, 11) is 0. The van der Waals surface area contributed by atoms with Gasteiger partial charge in [0.25, 0.3) is 0 Å². The van der Waals surface area contributed by atoms with E-state index in [1.165, 1.54) is 0 Å². The number of hydrogen-bond acceptors (Lipinski definition) is 6. The molecular formula is C32H19N3OS2. The van der Waals surface area contributed by atoms with Crippen LogP contribution in [-0.2, 0) is 0 Å². The van der Waals surface area contributed by atoms with Crippen molar-refractivity contribution in [1.29, 1.82) is 0 Å². The van der Waals surface area contributed by atoms with Crippen LogP contribution in [0.25, 0.3) is 53.5 Å². The predicted molar refractivity (Wildman–Crippen MR) is 160 cm³/mol. The Morgan fingerprint density at radius 1 is 0.553 bits per heavy atom. The van der Waals surface area contributed by atoms with Crippen molar-refractivity contribution in [3.63, 3.8) is 0 Å². The van der Waals surface area contributed by atoms with Crippen LogP contribution in [0.3, 0.4) is 0 Å². The van der Waals surface area contributed by atoms with Gasteiger partial charge in [-0.25, -0.2) is 9.97 Å². The van der Waals surface area contributed by atoms with E-state index in [0.717, 1.165) is 69.4 Å². The van der Waals surface area contributed by atoms with Crippen LogP contribution in [0.5, 0.6) is 0 Å². The molecule has 180 valence electrons. The molecule has 0 amide bonds. The molecule has 0 aliphatic carbocycles. The van der Waals surface area contributed by atoms with E-state index in [1.807, 2.05) is 24.3 Å². The molecule has 3 aromatic heterocycles. The van der Waals surface area contributed by atoms with Crippen molar-refractivity contribution in [2.45, 2.75) is 0 Å². The molecule has 0 radical (unpaired) electrons. The highest BCUT2D eigenvalue weighted by Crippen LogP contribution is 2.43. The third-order valence-electron chi connectivity index (χ3n) is 6.79. The number of rotatable bonds is 4. The largest absolute Gasteiger partial charge is 0.455 e. The molecule has 0 bridgehead atoms. The van der Waals surface area contributed by atoms with Crippen LogP contribution in [-0.4, -0.2) is 9.97 Å². The molecule has 0 unspecified atom stereocenters. The van der Waals surface area contributed by atoms with Crippen molar-refractivity contribution in [3.05, 3.63) is 115 Å². The van der Waals surface area contributed by atoms with Crippen LogP contribution in [0, 0.1) is 0 Å². The van der Waals surface area contributed by atoms with Gasteiger partial charge in [0, 0.05) is 16.3 Å². The van der Waals surface area contributed by atoms with Crippen LogP contribution in [0.15, 0.2) is 120 Å². The summed E-state index contributed by atoms with van der Waals surface area (Å²) in [5.74, 6) is 0. The van der Waals surface area contributed by atoms with E-state index < -0.39 is 0 Å². The Balaban J connectivity index is 1.27. The van der Waals surface area contributed by atoms with Crippen molar-refractivity contribution < 1.29 is 4.42 Å². The summed E-state index contributed by atoms with van der Waals surface area (Å²) in [6.07, 6.45) is 0. The molecule has 0 saturated carbocycles. The minimum absolute atomic E-state index is 0.900. The zero-order chi connectivity index (χ0) is 25.1. The highest BCUT2D eigenvalue weighted by molar-refractivity contribution is 7.24. The van der Waals surface area contributed by atoms with Crippen LogP contribution in [0.1, 0.15) is 0 Å². The molecule has 0 N–H and O–H groups in total. The number of aromatic nitrogens is 2. The van der Waals surface area contributed by atoms with Crippen molar-refractivity contribution in [3.8, 4) is 11.1 Å². The summed E-state index contributed by atoms with van der Waals surface area (Å²) in [4.78, 5) is 12.1. The minimum Gasteiger partial charge on any atom is -0.455 e. The molecule has 0 atom stereocenters. The quantitative estimate of drug-likeness (QED) is 0.229. The molecule has 5 aromatic carbocycles. The van der Waals surface area contributed by atoms with E-state index in [1.54, 1.807) is 22.7 Å². The summed E-state index contributed by atoms with van der Waals surface area (Å²) in [5, 5.41) is 4.07. The van der Waals surface area contributed by atoms with Gasteiger partial charge in [-0.2, -0.15) is 0 Å². The van der Waals surface area contributed by atoms with E-state index in [4.69, 9.17) is 14.4 Å². The second kappa shape index (κ2) is 8.52. The summed E-state index contributed by atoms with van der Waals surface area (Å²) < 4.78 is 8.60. The molecular weight excluding hydrogens is 507 g/mol. The minimum atomic E-state index is 0.900. The van der Waals surface area contributed by atoms with E-state index in [2.05, 4.69) is 95.9 Å². The zero-order valence-electron chi connectivity index (χ0n) is 20.0. The van der Waals surface area contributed by atoms with Gasteiger partial charge in [-0.05, 0) is 48.0 Å². The third-order valence-corrected chi connectivity index (χ3v) is 8.83. The fourth-order valence-electron chi connectivity index (χ4n) is 4.98. The molecule has 38 heavy (non-hydrogen) atoms. The first kappa shape index (κ1) is 21.6. The topological polar surface area (TPSA) is 42.2 Å². The average molecular weight is 526 g/mol. The number of furan rings is 1. The molecule has 0 aliphatic rings. The number of fused-ring (bicyclic) bond motifs is 5. The molecule has 0 fully saturated rings. The normalized spacial score (nSPS) is 11.7. The van der Waals surface area contributed by atoms with Crippen molar-refractivity contribution in [2.75, 3.05) is 4.90 Å². The van der Waals surface area contributed by atoms with Gasteiger partial charge in [-0.1, -0.05) is 95.5 Å². The second-order valence-corrected chi connectivity index (χ2v) is 11.1. The molecule has 4 nitrogen and oxygen atoms in total. The summed E-state index contributed by atoms with van der Waals surface area (Å²) >= 11 is 3.35. The maximum Gasteiger partial charge on any atom is 0.197 e. The number of nitrogens with zero attached hydrogens (tertiary/aromatic N) is 3. The maximum atomic E-state index is 6.29. The lowest BCUT2D eigenvalue weighted by atomic mass is 10.0. The molecule has 0 aliphatic heterocycles. The monoisotopic (exact) mass is 525 g/mol. The van der Waals surface area contributed by atoms with Crippen LogP contribution in [0.4, 0.5) is 16.0 Å². The van der Waals surface area contributed by atoms with Crippen LogP contribution >= 0.6 is 22.7 Å².